The number of anilines is 1. The maximum atomic E-state index is 12.4. The van der Waals surface area contributed by atoms with Crippen molar-refractivity contribution < 1.29 is 27.9 Å². The molecule has 0 radical (unpaired) electrons. The van der Waals surface area contributed by atoms with E-state index in [9.17, 15) is 22.8 Å². The first-order valence-corrected chi connectivity index (χ1v) is 6.24. The highest BCUT2D eigenvalue weighted by atomic mass is 19.4. The largest absolute Gasteiger partial charge is 0.478 e. The van der Waals surface area contributed by atoms with Crippen molar-refractivity contribution in [2.75, 3.05) is 11.9 Å². The predicted octanol–water partition coefficient (Wildman–Crippen LogP) is 2.94. The molecule has 0 atom stereocenters. The van der Waals surface area contributed by atoms with Crippen molar-refractivity contribution in [3.63, 3.8) is 0 Å². The molecule has 21 heavy (non-hydrogen) atoms. The Labute approximate surface area is 118 Å². The number of amides is 2. The summed E-state index contributed by atoms with van der Waals surface area (Å²) in [6.07, 6.45) is -3.34. The van der Waals surface area contributed by atoms with Crippen LogP contribution in [0.3, 0.4) is 0 Å². The van der Waals surface area contributed by atoms with Crippen LogP contribution in [0.2, 0.25) is 0 Å². The van der Waals surface area contributed by atoms with E-state index in [0.29, 0.717) is 12.8 Å². The number of aromatic carboxylic acids is 1. The first-order chi connectivity index (χ1) is 9.76. The van der Waals surface area contributed by atoms with Gasteiger partial charge in [-0.3, -0.25) is 0 Å². The second-order valence-electron chi connectivity index (χ2n) is 4.79. The van der Waals surface area contributed by atoms with Crippen LogP contribution in [0.15, 0.2) is 24.3 Å². The predicted molar refractivity (Wildman–Crippen MR) is 68.2 cm³/mol. The van der Waals surface area contributed by atoms with Crippen LogP contribution in [-0.2, 0) is 0 Å². The van der Waals surface area contributed by atoms with Gasteiger partial charge in [0.05, 0.1) is 5.56 Å². The molecule has 1 aromatic rings. The van der Waals surface area contributed by atoms with Crippen molar-refractivity contribution in [2.45, 2.75) is 25.1 Å². The Morgan fingerprint density at radius 2 is 1.81 bits per heavy atom. The van der Waals surface area contributed by atoms with Crippen LogP contribution < -0.4 is 5.32 Å². The SMILES string of the molecule is O=C(O)c1ccc(NC(=O)N(CC(F)(F)F)C2CC2)cc1. The number of alkyl halides is 3. The van der Waals surface area contributed by atoms with Crippen molar-refractivity contribution in [3.05, 3.63) is 29.8 Å². The zero-order valence-corrected chi connectivity index (χ0v) is 10.9. The molecule has 0 saturated heterocycles. The maximum Gasteiger partial charge on any atom is 0.406 e. The molecule has 8 heteroatoms. The summed E-state index contributed by atoms with van der Waals surface area (Å²) >= 11 is 0. The number of nitrogens with one attached hydrogen (secondary N) is 1. The second-order valence-corrected chi connectivity index (χ2v) is 4.79. The molecule has 0 spiro atoms. The lowest BCUT2D eigenvalue weighted by Gasteiger charge is -2.24. The molecule has 1 fully saturated rings. The summed E-state index contributed by atoms with van der Waals surface area (Å²) in [5.74, 6) is -1.12. The standard InChI is InChI=1S/C13H13F3N2O3/c14-13(15,16)7-18(10-5-6-10)12(21)17-9-3-1-8(2-4-9)11(19)20/h1-4,10H,5-7H2,(H,17,21)(H,19,20). The molecule has 114 valence electrons. The summed E-state index contributed by atoms with van der Waals surface area (Å²) in [4.78, 5) is 23.3. The second kappa shape index (κ2) is 5.63. The number of halogens is 3. The summed E-state index contributed by atoms with van der Waals surface area (Å²) in [6, 6.07) is 3.98. The lowest BCUT2D eigenvalue weighted by atomic mass is 10.2. The molecule has 1 aliphatic rings. The number of carboxylic acids is 1. The Bertz CT molecular complexity index is 539. The van der Waals surface area contributed by atoms with Crippen molar-refractivity contribution in [2.24, 2.45) is 0 Å². The van der Waals surface area contributed by atoms with Gasteiger partial charge in [-0.1, -0.05) is 0 Å². The van der Waals surface area contributed by atoms with E-state index >= 15 is 0 Å². The maximum absolute atomic E-state index is 12.4. The molecule has 2 amide bonds. The van der Waals surface area contributed by atoms with Crippen molar-refractivity contribution in [1.82, 2.24) is 4.90 Å². The lowest BCUT2D eigenvalue weighted by Crippen LogP contribution is -2.42. The lowest BCUT2D eigenvalue weighted by molar-refractivity contribution is -0.140. The van der Waals surface area contributed by atoms with Gasteiger partial charge >= 0.3 is 18.2 Å². The summed E-state index contributed by atoms with van der Waals surface area (Å²) in [7, 11) is 0. The normalized spacial score (nSPS) is 14.6. The summed E-state index contributed by atoms with van der Waals surface area (Å²) < 4.78 is 37.3. The van der Waals surface area contributed by atoms with Crippen LogP contribution in [-0.4, -0.2) is 40.8 Å². The van der Waals surface area contributed by atoms with Crippen molar-refractivity contribution in [1.29, 1.82) is 0 Å². The van der Waals surface area contributed by atoms with Gasteiger partial charge in [0.2, 0.25) is 0 Å². The van der Waals surface area contributed by atoms with Crippen LogP contribution >= 0.6 is 0 Å². The van der Waals surface area contributed by atoms with Crippen LogP contribution in [0, 0.1) is 0 Å². The number of hydrogen-bond donors (Lipinski definition) is 2. The van der Waals surface area contributed by atoms with Gasteiger partial charge in [-0.05, 0) is 37.1 Å². The highest BCUT2D eigenvalue weighted by Crippen LogP contribution is 2.30. The van der Waals surface area contributed by atoms with Crippen LogP contribution in [0.4, 0.5) is 23.7 Å². The molecule has 1 saturated carbocycles. The van der Waals surface area contributed by atoms with E-state index in [1.807, 2.05) is 0 Å². The Kier molecular flexibility index (Phi) is 4.06. The number of urea groups is 1. The Hall–Kier alpha value is -2.25. The van der Waals surface area contributed by atoms with Gasteiger partial charge in [-0.25, -0.2) is 9.59 Å². The van der Waals surface area contributed by atoms with Gasteiger partial charge in [-0.2, -0.15) is 13.2 Å². The number of benzene rings is 1. The Balaban J connectivity index is 2.03. The Morgan fingerprint density at radius 1 is 1.24 bits per heavy atom. The summed E-state index contributed by atoms with van der Waals surface area (Å²) in [5, 5.41) is 11.1. The van der Waals surface area contributed by atoms with Crippen molar-refractivity contribution >= 4 is 17.7 Å². The number of carboxylic acid groups (broad SMARTS) is 1. The highest BCUT2D eigenvalue weighted by molar-refractivity contribution is 5.91. The monoisotopic (exact) mass is 302 g/mol. The minimum atomic E-state index is -4.45. The molecule has 5 nitrogen and oxygen atoms in total. The molecule has 1 aromatic carbocycles. The first-order valence-electron chi connectivity index (χ1n) is 6.24. The fourth-order valence-electron chi connectivity index (χ4n) is 1.84. The smallest absolute Gasteiger partial charge is 0.406 e. The quantitative estimate of drug-likeness (QED) is 0.898. The zero-order chi connectivity index (χ0) is 15.6. The number of carbonyl (C=O) groups is 2. The fourth-order valence-corrected chi connectivity index (χ4v) is 1.84. The zero-order valence-electron chi connectivity index (χ0n) is 10.9. The number of rotatable bonds is 4. The van der Waals surface area contributed by atoms with E-state index in [4.69, 9.17) is 5.11 Å². The average molecular weight is 302 g/mol. The topological polar surface area (TPSA) is 69.6 Å². The Morgan fingerprint density at radius 3 is 2.24 bits per heavy atom. The average Bonchev–Trinajstić information content (AvgIpc) is 3.19. The summed E-state index contributed by atoms with van der Waals surface area (Å²) in [6.45, 7) is -1.29. The molecule has 2 N–H and O–H groups in total. The molecule has 2 rings (SSSR count). The third-order valence-electron chi connectivity index (χ3n) is 2.98. The van der Waals surface area contributed by atoms with Gasteiger partial charge in [0.1, 0.15) is 6.54 Å². The molecule has 0 aromatic heterocycles. The summed E-state index contributed by atoms with van der Waals surface area (Å²) in [5.41, 5.74) is 0.278. The van der Waals surface area contributed by atoms with Crippen molar-refractivity contribution in [3.8, 4) is 0 Å². The highest BCUT2D eigenvalue weighted by Gasteiger charge is 2.40. The van der Waals surface area contributed by atoms with Gasteiger partial charge in [0.15, 0.2) is 0 Å². The van der Waals surface area contributed by atoms with E-state index in [2.05, 4.69) is 5.32 Å². The molecular weight excluding hydrogens is 289 g/mol. The molecule has 0 aliphatic heterocycles. The molecule has 1 aliphatic carbocycles. The van der Waals surface area contributed by atoms with Gasteiger partial charge in [-0.15, -0.1) is 0 Å². The van der Waals surface area contributed by atoms with E-state index in [-0.39, 0.29) is 17.3 Å². The van der Waals surface area contributed by atoms with Gasteiger partial charge in [0.25, 0.3) is 0 Å². The van der Waals surface area contributed by atoms with Crippen LogP contribution in [0.25, 0.3) is 0 Å². The van der Waals surface area contributed by atoms with E-state index in [1.54, 1.807) is 0 Å². The van der Waals surface area contributed by atoms with E-state index < -0.39 is 24.7 Å². The fraction of sp³-hybridized carbons (Fsp3) is 0.385. The molecular formula is C13H13F3N2O3. The number of hydrogen-bond acceptors (Lipinski definition) is 2. The molecule has 0 unspecified atom stereocenters. The number of nitrogens with zero attached hydrogens (tertiary/aromatic N) is 1. The molecule has 0 heterocycles. The third-order valence-corrected chi connectivity index (χ3v) is 2.98. The minimum Gasteiger partial charge on any atom is -0.478 e. The molecule has 0 bridgehead atoms. The third kappa shape index (κ3) is 4.37. The minimum absolute atomic E-state index is 0.0299. The van der Waals surface area contributed by atoms with Crippen LogP contribution in [0.1, 0.15) is 23.2 Å². The van der Waals surface area contributed by atoms with Gasteiger partial charge in [0, 0.05) is 11.7 Å². The van der Waals surface area contributed by atoms with Crippen LogP contribution in [0.5, 0.6) is 0 Å². The van der Waals surface area contributed by atoms with E-state index in [1.165, 1.54) is 24.3 Å². The number of carbonyl (C=O) groups excluding carboxylic acids is 1. The van der Waals surface area contributed by atoms with E-state index in [0.717, 1.165) is 4.90 Å². The first kappa shape index (κ1) is 15.1. The van der Waals surface area contributed by atoms with Gasteiger partial charge < -0.3 is 15.3 Å².